The van der Waals surface area contributed by atoms with Gasteiger partial charge in [-0.1, -0.05) is 13.8 Å². The molecule has 1 atom stereocenters. The zero-order valence-electron chi connectivity index (χ0n) is 12.3. The van der Waals surface area contributed by atoms with Gasteiger partial charge in [0.2, 0.25) is 0 Å². The Kier molecular flexibility index (Phi) is 3.59. The summed E-state index contributed by atoms with van der Waals surface area (Å²) >= 11 is 0. The van der Waals surface area contributed by atoms with Crippen LogP contribution in [-0.2, 0) is 14.3 Å². The molecule has 0 aliphatic heterocycles. The normalized spacial score (nSPS) is 41.6. The predicted octanol–water partition coefficient (Wildman–Crippen LogP) is 3.37. The van der Waals surface area contributed by atoms with E-state index in [1.54, 1.807) is 0 Å². The zero-order chi connectivity index (χ0) is 13.6. The lowest BCUT2D eigenvalue weighted by molar-refractivity contribution is -0.221. The van der Waals surface area contributed by atoms with E-state index < -0.39 is 6.29 Å². The lowest BCUT2D eigenvalue weighted by atomic mass is 9.55. The molecule has 3 nitrogen and oxygen atoms in total. The molecule has 19 heavy (non-hydrogen) atoms. The molecule has 0 aromatic rings. The van der Waals surface area contributed by atoms with Crippen LogP contribution in [0.5, 0.6) is 0 Å². The van der Waals surface area contributed by atoms with Crippen LogP contribution in [0.25, 0.3) is 0 Å². The second-order valence-corrected chi connectivity index (χ2v) is 7.19. The van der Waals surface area contributed by atoms with E-state index >= 15 is 0 Å². The molecule has 0 radical (unpaired) electrons. The standard InChI is InChI=1S/C16H26O3/c1-9(2)16(17)19-10(3)18-15-13-5-11-4-12(7-13)8-14(15)6-11/h9-15H,4-8H2,1-3H3. The second kappa shape index (κ2) is 5.08. The van der Waals surface area contributed by atoms with Gasteiger partial charge in [0.1, 0.15) is 0 Å². The Hall–Kier alpha value is -0.570. The first kappa shape index (κ1) is 13.4. The Morgan fingerprint density at radius 2 is 1.47 bits per heavy atom. The van der Waals surface area contributed by atoms with E-state index in [4.69, 9.17) is 9.47 Å². The second-order valence-electron chi connectivity index (χ2n) is 7.19. The molecule has 4 fully saturated rings. The van der Waals surface area contributed by atoms with Crippen LogP contribution in [0.2, 0.25) is 0 Å². The lowest BCUT2D eigenvalue weighted by Crippen LogP contribution is -2.50. The molecule has 0 spiro atoms. The van der Waals surface area contributed by atoms with E-state index in [1.807, 2.05) is 20.8 Å². The number of ether oxygens (including phenoxy) is 2. The molecule has 1 unspecified atom stereocenters. The van der Waals surface area contributed by atoms with Crippen molar-refractivity contribution in [1.29, 1.82) is 0 Å². The van der Waals surface area contributed by atoms with E-state index in [9.17, 15) is 4.79 Å². The Morgan fingerprint density at radius 3 is 1.95 bits per heavy atom. The highest BCUT2D eigenvalue weighted by Gasteiger charge is 2.49. The van der Waals surface area contributed by atoms with E-state index in [2.05, 4.69) is 0 Å². The van der Waals surface area contributed by atoms with Crippen molar-refractivity contribution in [1.82, 2.24) is 0 Å². The van der Waals surface area contributed by atoms with Crippen molar-refractivity contribution in [3.05, 3.63) is 0 Å². The van der Waals surface area contributed by atoms with Crippen LogP contribution in [0.1, 0.15) is 52.9 Å². The molecule has 0 aromatic heterocycles. The molecule has 4 rings (SSSR count). The molecule has 3 heteroatoms. The number of hydrogen-bond acceptors (Lipinski definition) is 3. The number of esters is 1. The van der Waals surface area contributed by atoms with Crippen molar-refractivity contribution in [2.24, 2.45) is 29.6 Å². The fraction of sp³-hybridized carbons (Fsp3) is 0.938. The Balaban J connectivity index is 1.56. The third kappa shape index (κ3) is 2.67. The van der Waals surface area contributed by atoms with E-state index in [0.717, 1.165) is 23.7 Å². The summed E-state index contributed by atoms with van der Waals surface area (Å²) in [5, 5.41) is 0. The minimum atomic E-state index is -0.391. The monoisotopic (exact) mass is 266 g/mol. The van der Waals surface area contributed by atoms with Crippen molar-refractivity contribution < 1.29 is 14.3 Å². The van der Waals surface area contributed by atoms with Gasteiger partial charge in [-0.2, -0.15) is 0 Å². The summed E-state index contributed by atoms with van der Waals surface area (Å²) in [7, 11) is 0. The van der Waals surface area contributed by atoms with Crippen molar-refractivity contribution in [3.63, 3.8) is 0 Å². The summed E-state index contributed by atoms with van der Waals surface area (Å²) in [4.78, 5) is 11.6. The quantitative estimate of drug-likeness (QED) is 0.578. The molecule has 0 heterocycles. The van der Waals surface area contributed by atoms with Crippen LogP contribution in [0, 0.1) is 29.6 Å². The summed E-state index contributed by atoms with van der Waals surface area (Å²) in [6.45, 7) is 5.58. The molecule has 0 N–H and O–H groups in total. The van der Waals surface area contributed by atoms with Crippen molar-refractivity contribution in [2.75, 3.05) is 0 Å². The Morgan fingerprint density at radius 1 is 0.947 bits per heavy atom. The van der Waals surface area contributed by atoms with Gasteiger partial charge in [-0.3, -0.25) is 4.79 Å². The minimum absolute atomic E-state index is 0.0791. The van der Waals surface area contributed by atoms with Gasteiger partial charge < -0.3 is 9.47 Å². The highest BCUT2D eigenvalue weighted by Crippen LogP contribution is 2.54. The minimum Gasteiger partial charge on any atom is -0.436 e. The van der Waals surface area contributed by atoms with Crippen LogP contribution in [0.4, 0.5) is 0 Å². The average Bonchev–Trinajstić information content (AvgIpc) is 2.32. The lowest BCUT2D eigenvalue weighted by Gasteiger charge is -2.54. The largest absolute Gasteiger partial charge is 0.436 e. The first-order valence-corrected chi connectivity index (χ1v) is 7.89. The summed E-state index contributed by atoms with van der Waals surface area (Å²) in [6, 6.07) is 0. The van der Waals surface area contributed by atoms with E-state index in [0.29, 0.717) is 6.10 Å². The maximum atomic E-state index is 11.6. The van der Waals surface area contributed by atoms with Crippen molar-refractivity contribution >= 4 is 5.97 Å². The maximum absolute atomic E-state index is 11.6. The SMILES string of the molecule is CC(OC(=O)C(C)C)OC1C2CC3CC(C2)CC1C3. The smallest absolute Gasteiger partial charge is 0.310 e. The molecule has 0 amide bonds. The van der Waals surface area contributed by atoms with Gasteiger partial charge in [-0.15, -0.1) is 0 Å². The van der Waals surface area contributed by atoms with E-state index in [-0.39, 0.29) is 11.9 Å². The zero-order valence-corrected chi connectivity index (χ0v) is 12.3. The van der Waals surface area contributed by atoms with Gasteiger partial charge >= 0.3 is 5.97 Å². The third-order valence-electron chi connectivity index (χ3n) is 5.24. The maximum Gasteiger partial charge on any atom is 0.310 e. The molecular weight excluding hydrogens is 240 g/mol. The van der Waals surface area contributed by atoms with Crippen LogP contribution in [0.3, 0.4) is 0 Å². The number of hydrogen-bond donors (Lipinski definition) is 0. The third-order valence-corrected chi connectivity index (χ3v) is 5.24. The fourth-order valence-electron chi connectivity index (χ4n) is 4.65. The average molecular weight is 266 g/mol. The number of carbonyl (C=O) groups is 1. The van der Waals surface area contributed by atoms with Crippen molar-refractivity contribution in [3.8, 4) is 0 Å². The van der Waals surface area contributed by atoms with Gasteiger partial charge in [0.05, 0.1) is 12.0 Å². The highest BCUT2D eigenvalue weighted by atomic mass is 16.7. The van der Waals surface area contributed by atoms with Crippen LogP contribution >= 0.6 is 0 Å². The van der Waals surface area contributed by atoms with Crippen LogP contribution < -0.4 is 0 Å². The molecule has 4 saturated carbocycles. The van der Waals surface area contributed by atoms with Gasteiger partial charge in [0, 0.05) is 0 Å². The van der Waals surface area contributed by atoms with Gasteiger partial charge in [-0.05, 0) is 62.7 Å². The van der Waals surface area contributed by atoms with E-state index in [1.165, 1.54) is 32.1 Å². The predicted molar refractivity (Wildman–Crippen MR) is 72.3 cm³/mol. The topological polar surface area (TPSA) is 35.5 Å². The summed E-state index contributed by atoms with van der Waals surface area (Å²) in [6.07, 6.45) is 6.74. The van der Waals surface area contributed by atoms with Gasteiger partial charge in [0.15, 0.2) is 6.29 Å². The molecule has 4 aliphatic carbocycles. The fourth-order valence-corrected chi connectivity index (χ4v) is 4.65. The number of carbonyl (C=O) groups excluding carboxylic acids is 1. The summed E-state index contributed by atoms with van der Waals surface area (Å²) < 4.78 is 11.5. The molecular formula is C16H26O3. The molecule has 0 saturated heterocycles. The first-order chi connectivity index (χ1) is 9.02. The number of rotatable bonds is 4. The highest BCUT2D eigenvalue weighted by molar-refractivity contribution is 5.71. The Bertz CT molecular complexity index is 322. The van der Waals surface area contributed by atoms with Crippen molar-refractivity contribution in [2.45, 2.75) is 65.3 Å². The first-order valence-electron chi connectivity index (χ1n) is 7.89. The Labute approximate surface area is 116 Å². The summed E-state index contributed by atoms with van der Waals surface area (Å²) in [5.74, 6) is 3.11. The molecule has 4 aliphatic rings. The van der Waals surface area contributed by atoms with Crippen LogP contribution in [0.15, 0.2) is 0 Å². The van der Waals surface area contributed by atoms with Gasteiger partial charge in [-0.25, -0.2) is 0 Å². The van der Waals surface area contributed by atoms with Crippen LogP contribution in [-0.4, -0.2) is 18.4 Å². The molecule has 108 valence electrons. The molecule has 4 bridgehead atoms. The summed E-state index contributed by atoms with van der Waals surface area (Å²) in [5.41, 5.74) is 0. The molecule has 0 aromatic carbocycles. The van der Waals surface area contributed by atoms with Gasteiger partial charge in [0.25, 0.3) is 0 Å².